The van der Waals surface area contributed by atoms with Gasteiger partial charge in [0.2, 0.25) is 5.91 Å². The number of ether oxygens (including phenoxy) is 1. The molecule has 0 saturated carbocycles. The second-order valence-electron chi connectivity index (χ2n) is 4.71. The van der Waals surface area contributed by atoms with E-state index in [0.717, 1.165) is 26.1 Å². The van der Waals surface area contributed by atoms with Gasteiger partial charge < -0.3 is 15.0 Å². The summed E-state index contributed by atoms with van der Waals surface area (Å²) in [6.07, 6.45) is 5.25. The predicted octanol–water partition coefficient (Wildman–Crippen LogP) is 1.40. The number of piperidine rings is 1. The van der Waals surface area contributed by atoms with Crippen molar-refractivity contribution in [2.75, 3.05) is 33.4 Å². The first kappa shape index (κ1) is 14.5. The molecule has 1 atom stereocenters. The van der Waals surface area contributed by atoms with Crippen LogP contribution < -0.4 is 5.32 Å². The fourth-order valence-corrected chi connectivity index (χ4v) is 2.21. The molecule has 0 aromatic heterocycles. The molecule has 1 rings (SSSR count). The largest absolute Gasteiger partial charge is 0.383 e. The molecule has 1 amide bonds. The lowest BCUT2D eigenvalue weighted by Gasteiger charge is -2.27. The van der Waals surface area contributed by atoms with E-state index in [2.05, 4.69) is 12.2 Å². The number of nitrogens with one attached hydrogen (secondary N) is 1. The highest BCUT2D eigenvalue weighted by molar-refractivity contribution is 5.76. The number of carbonyl (C=O) groups excluding carboxylic acids is 1. The normalized spacial score (nSPS) is 18.1. The number of amides is 1. The maximum absolute atomic E-state index is 11.9. The van der Waals surface area contributed by atoms with Gasteiger partial charge in [-0.3, -0.25) is 4.79 Å². The van der Waals surface area contributed by atoms with Crippen molar-refractivity contribution in [2.24, 2.45) is 0 Å². The van der Waals surface area contributed by atoms with Crippen molar-refractivity contribution in [3.8, 4) is 0 Å². The molecule has 100 valence electrons. The number of nitrogens with zero attached hydrogens (tertiary/aromatic N) is 1. The summed E-state index contributed by atoms with van der Waals surface area (Å²) in [7, 11) is 1.71. The van der Waals surface area contributed by atoms with E-state index in [-0.39, 0.29) is 0 Å². The zero-order valence-corrected chi connectivity index (χ0v) is 11.2. The molecule has 0 spiro atoms. The maximum Gasteiger partial charge on any atom is 0.223 e. The molecule has 0 radical (unpaired) electrons. The first-order valence-corrected chi connectivity index (χ1v) is 6.78. The zero-order chi connectivity index (χ0) is 12.5. The van der Waals surface area contributed by atoms with Crippen molar-refractivity contribution < 1.29 is 9.53 Å². The Hall–Kier alpha value is -0.610. The molecule has 0 bridgehead atoms. The van der Waals surface area contributed by atoms with E-state index in [1.54, 1.807) is 7.11 Å². The minimum absolute atomic E-state index is 0.296. The number of carbonyl (C=O) groups is 1. The van der Waals surface area contributed by atoms with Gasteiger partial charge in [0.25, 0.3) is 0 Å². The van der Waals surface area contributed by atoms with Crippen LogP contribution in [0.3, 0.4) is 0 Å². The van der Waals surface area contributed by atoms with Gasteiger partial charge >= 0.3 is 0 Å². The molecule has 4 heteroatoms. The molecule has 1 aliphatic rings. The minimum Gasteiger partial charge on any atom is -0.383 e. The SMILES string of the molecule is CCC(COC)NCCC(=O)N1CCCCC1. The Morgan fingerprint density at radius 2 is 2.06 bits per heavy atom. The molecule has 1 saturated heterocycles. The molecule has 1 heterocycles. The molecule has 1 fully saturated rings. The summed E-state index contributed by atoms with van der Waals surface area (Å²) in [5, 5.41) is 3.37. The fraction of sp³-hybridized carbons (Fsp3) is 0.923. The van der Waals surface area contributed by atoms with E-state index in [4.69, 9.17) is 4.74 Å². The van der Waals surface area contributed by atoms with Gasteiger partial charge in [-0.25, -0.2) is 0 Å². The summed E-state index contributed by atoms with van der Waals surface area (Å²) in [4.78, 5) is 13.9. The third-order valence-corrected chi connectivity index (χ3v) is 3.34. The van der Waals surface area contributed by atoms with Gasteiger partial charge in [-0.15, -0.1) is 0 Å². The average Bonchev–Trinajstić information content (AvgIpc) is 2.38. The number of hydrogen-bond acceptors (Lipinski definition) is 3. The lowest BCUT2D eigenvalue weighted by Crippen LogP contribution is -2.39. The smallest absolute Gasteiger partial charge is 0.223 e. The lowest BCUT2D eigenvalue weighted by molar-refractivity contribution is -0.132. The predicted molar refractivity (Wildman–Crippen MR) is 69.0 cm³/mol. The van der Waals surface area contributed by atoms with Crippen LogP contribution in [0.15, 0.2) is 0 Å². The van der Waals surface area contributed by atoms with E-state index < -0.39 is 0 Å². The van der Waals surface area contributed by atoms with Crippen LogP contribution in [-0.4, -0.2) is 50.2 Å². The van der Waals surface area contributed by atoms with Crippen molar-refractivity contribution in [1.29, 1.82) is 0 Å². The van der Waals surface area contributed by atoms with E-state index in [1.165, 1.54) is 19.3 Å². The highest BCUT2D eigenvalue weighted by Crippen LogP contribution is 2.09. The molecule has 1 N–H and O–H groups in total. The number of likely N-dealkylation sites (tertiary alicyclic amines) is 1. The quantitative estimate of drug-likeness (QED) is 0.734. The monoisotopic (exact) mass is 242 g/mol. The standard InChI is InChI=1S/C13H26N2O2/c1-3-12(11-17-2)14-8-7-13(16)15-9-5-4-6-10-15/h12,14H,3-11H2,1-2H3. The second-order valence-corrected chi connectivity index (χ2v) is 4.71. The summed E-state index contributed by atoms with van der Waals surface area (Å²) in [6.45, 7) is 5.51. The third kappa shape index (κ3) is 5.50. The Labute approximate surface area is 105 Å². The molecule has 0 aromatic carbocycles. The van der Waals surface area contributed by atoms with Crippen LogP contribution >= 0.6 is 0 Å². The van der Waals surface area contributed by atoms with Crippen molar-refractivity contribution in [3.05, 3.63) is 0 Å². The zero-order valence-electron chi connectivity index (χ0n) is 11.2. The number of rotatable bonds is 7. The molecule has 17 heavy (non-hydrogen) atoms. The molecular weight excluding hydrogens is 216 g/mol. The van der Waals surface area contributed by atoms with E-state index in [1.807, 2.05) is 4.90 Å². The first-order chi connectivity index (χ1) is 8.27. The second kappa shape index (κ2) is 8.48. The van der Waals surface area contributed by atoms with Gasteiger partial charge in [0, 0.05) is 39.2 Å². The summed E-state index contributed by atoms with van der Waals surface area (Å²) in [5.41, 5.74) is 0. The van der Waals surface area contributed by atoms with Crippen LogP contribution in [0, 0.1) is 0 Å². The molecule has 1 aliphatic heterocycles. The first-order valence-electron chi connectivity index (χ1n) is 6.78. The van der Waals surface area contributed by atoms with Crippen molar-refractivity contribution in [1.82, 2.24) is 10.2 Å². The Bertz CT molecular complexity index is 215. The highest BCUT2D eigenvalue weighted by Gasteiger charge is 2.16. The van der Waals surface area contributed by atoms with Crippen molar-refractivity contribution >= 4 is 5.91 Å². The molecule has 1 unspecified atom stereocenters. The van der Waals surface area contributed by atoms with Gasteiger partial charge in [0.1, 0.15) is 0 Å². The number of hydrogen-bond donors (Lipinski definition) is 1. The summed E-state index contributed by atoms with van der Waals surface area (Å²) in [6, 6.07) is 0.370. The minimum atomic E-state index is 0.296. The van der Waals surface area contributed by atoms with E-state index in [9.17, 15) is 4.79 Å². The molecular formula is C13H26N2O2. The van der Waals surface area contributed by atoms with Crippen molar-refractivity contribution in [2.45, 2.75) is 45.1 Å². The maximum atomic E-state index is 11.9. The van der Waals surface area contributed by atoms with Gasteiger partial charge in [-0.1, -0.05) is 6.92 Å². The van der Waals surface area contributed by atoms with Gasteiger partial charge in [-0.2, -0.15) is 0 Å². The van der Waals surface area contributed by atoms with Crippen LogP contribution in [0.2, 0.25) is 0 Å². The molecule has 0 aromatic rings. The fourth-order valence-electron chi connectivity index (χ4n) is 2.21. The van der Waals surface area contributed by atoms with Crippen LogP contribution in [0.5, 0.6) is 0 Å². The Balaban J connectivity index is 2.14. The third-order valence-electron chi connectivity index (χ3n) is 3.34. The lowest BCUT2D eigenvalue weighted by atomic mass is 10.1. The van der Waals surface area contributed by atoms with Crippen LogP contribution in [0.25, 0.3) is 0 Å². The average molecular weight is 242 g/mol. The number of methoxy groups -OCH3 is 1. The summed E-state index contributed by atoms with van der Waals surface area (Å²) >= 11 is 0. The van der Waals surface area contributed by atoms with E-state index in [0.29, 0.717) is 25.0 Å². The highest BCUT2D eigenvalue weighted by atomic mass is 16.5. The van der Waals surface area contributed by atoms with E-state index >= 15 is 0 Å². The van der Waals surface area contributed by atoms with Gasteiger partial charge in [-0.05, 0) is 25.7 Å². The van der Waals surface area contributed by atoms with Crippen LogP contribution in [0.1, 0.15) is 39.0 Å². The topological polar surface area (TPSA) is 41.6 Å². The Kier molecular flexibility index (Phi) is 7.21. The van der Waals surface area contributed by atoms with Crippen molar-refractivity contribution in [3.63, 3.8) is 0 Å². The summed E-state index contributed by atoms with van der Waals surface area (Å²) in [5.74, 6) is 0.296. The Morgan fingerprint density at radius 1 is 1.35 bits per heavy atom. The van der Waals surface area contributed by atoms with Crippen LogP contribution in [0.4, 0.5) is 0 Å². The van der Waals surface area contributed by atoms with Crippen LogP contribution in [-0.2, 0) is 9.53 Å². The summed E-state index contributed by atoms with van der Waals surface area (Å²) < 4.78 is 5.11. The molecule has 4 nitrogen and oxygen atoms in total. The molecule has 0 aliphatic carbocycles. The van der Waals surface area contributed by atoms with Gasteiger partial charge in [0.15, 0.2) is 0 Å². The van der Waals surface area contributed by atoms with Gasteiger partial charge in [0.05, 0.1) is 6.61 Å². The Morgan fingerprint density at radius 3 is 2.65 bits per heavy atom.